The van der Waals surface area contributed by atoms with Gasteiger partial charge < -0.3 is 4.74 Å². The Morgan fingerprint density at radius 3 is 3.00 bits per heavy atom. The van der Waals surface area contributed by atoms with Crippen LogP contribution in [0.15, 0.2) is 12.1 Å². The van der Waals surface area contributed by atoms with E-state index in [0.717, 1.165) is 31.7 Å². The van der Waals surface area contributed by atoms with E-state index in [9.17, 15) is 0 Å². The third-order valence-corrected chi connectivity index (χ3v) is 4.28. The summed E-state index contributed by atoms with van der Waals surface area (Å²) in [5.74, 6) is 1.10. The predicted octanol–water partition coefficient (Wildman–Crippen LogP) is 2.26. The molecule has 0 aromatic heterocycles. The molecule has 0 saturated carbocycles. The molecule has 3 rings (SSSR count). The molecule has 2 heterocycles. The Hall–Kier alpha value is -0.955. The first kappa shape index (κ1) is 12.1. The van der Waals surface area contributed by atoms with Gasteiger partial charge in [0.1, 0.15) is 19.1 Å². The molecule has 1 saturated heterocycles. The van der Waals surface area contributed by atoms with Gasteiger partial charge in [-0.25, -0.2) is 0 Å². The van der Waals surface area contributed by atoms with Crippen LogP contribution < -0.4 is 4.74 Å². The summed E-state index contributed by atoms with van der Waals surface area (Å²) in [6.45, 7) is 7.72. The van der Waals surface area contributed by atoms with Gasteiger partial charge in [-0.05, 0) is 42.6 Å². The fourth-order valence-electron chi connectivity index (χ4n) is 2.98. The van der Waals surface area contributed by atoms with E-state index < -0.39 is 0 Å². The summed E-state index contributed by atoms with van der Waals surface area (Å²) in [5, 5.41) is 0. The van der Waals surface area contributed by atoms with Crippen molar-refractivity contribution in [1.29, 1.82) is 0 Å². The first-order valence-electron chi connectivity index (χ1n) is 7.10. The summed E-state index contributed by atoms with van der Waals surface area (Å²) in [4.78, 5) is 2.41. The van der Waals surface area contributed by atoms with Crippen molar-refractivity contribution in [3.63, 3.8) is 0 Å². The number of likely N-dealkylation sites (N-methyl/N-ethyl adjacent to an activating group) is 1. The zero-order valence-corrected chi connectivity index (χ0v) is 11.4. The van der Waals surface area contributed by atoms with E-state index in [4.69, 9.17) is 4.74 Å². The zero-order chi connectivity index (χ0) is 12.5. The summed E-state index contributed by atoms with van der Waals surface area (Å²) in [6.07, 6.45) is 3.93. The molecule has 0 bridgehead atoms. The van der Waals surface area contributed by atoms with Crippen LogP contribution in [-0.2, 0) is 12.7 Å². The van der Waals surface area contributed by atoms with Crippen LogP contribution in [0.4, 0.5) is 0 Å². The van der Waals surface area contributed by atoms with Crippen molar-refractivity contribution in [3.05, 3.63) is 28.8 Å². The quantitative estimate of drug-likeness (QED) is 0.754. The summed E-state index contributed by atoms with van der Waals surface area (Å²) in [6, 6.07) is 4.44. The van der Waals surface area contributed by atoms with Crippen LogP contribution >= 0.6 is 0 Å². The van der Waals surface area contributed by atoms with Crippen molar-refractivity contribution in [3.8, 4) is 5.75 Å². The zero-order valence-electron chi connectivity index (χ0n) is 11.4. The average Bonchev–Trinajstić information content (AvgIpc) is 2.36. The molecular formula is C15H21BNO. The third-order valence-electron chi connectivity index (χ3n) is 4.28. The van der Waals surface area contributed by atoms with Crippen LogP contribution in [0.5, 0.6) is 5.75 Å². The molecule has 0 unspecified atom stereocenters. The van der Waals surface area contributed by atoms with Crippen molar-refractivity contribution in [2.45, 2.75) is 39.0 Å². The Balaban J connectivity index is 1.73. The highest BCUT2D eigenvalue weighted by Gasteiger charge is 2.27. The van der Waals surface area contributed by atoms with E-state index in [-0.39, 0.29) is 0 Å². The van der Waals surface area contributed by atoms with E-state index in [1.165, 1.54) is 29.4 Å². The number of likely N-dealkylation sites (tertiary alicyclic amines) is 1. The summed E-state index contributed by atoms with van der Waals surface area (Å²) in [5.41, 5.74) is 4.38. The van der Waals surface area contributed by atoms with Gasteiger partial charge >= 0.3 is 0 Å². The minimum Gasteiger partial charge on any atom is -0.487 e. The number of aryl methyl sites for hydroxylation is 1. The minimum atomic E-state index is 0.397. The van der Waals surface area contributed by atoms with E-state index in [1.54, 1.807) is 0 Å². The number of hydrogen-bond donors (Lipinski definition) is 0. The van der Waals surface area contributed by atoms with Gasteiger partial charge in [-0.1, -0.05) is 25.6 Å². The maximum Gasteiger partial charge on any atom is 0.124 e. The predicted molar refractivity (Wildman–Crippen MR) is 75.7 cm³/mol. The van der Waals surface area contributed by atoms with Gasteiger partial charge in [-0.2, -0.15) is 0 Å². The topological polar surface area (TPSA) is 12.5 Å². The number of benzene rings is 1. The second-order valence-electron chi connectivity index (χ2n) is 5.45. The lowest BCUT2D eigenvalue weighted by Gasteiger charge is -2.38. The van der Waals surface area contributed by atoms with Gasteiger partial charge in [0.25, 0.3) is 0 Å². The molecule has 1 aromatic rings. The molecule has 0 N–H and O–H groups in total. The van der Waals surface area contributed by atoms with Crippen LogP contribution in [0.2, 0.25) is 6.32 Å². The van der Waals surface area contributed by atoms with Gasteiger partial charge in [0, 0.05) is 13.1 Å². The molecule has 1 fully saturated rings. The number of hydrogen-bond acceptors (Lipinski definition) is 2. The van der Waals surface area contributed by atoms with Gasteiger partial charge in [-0.3, -0.25) is 4.90 Å². The van der Waals surface area contributed by atoms with Crippen LogP contribution in [-0.4, -0.2) is 37.9 Å². The second kappa shape index (κ2) is 4.97. The monoisotopic (exact) mass is 242 g/mol. The fraction of sp³-hybridized carbons (Fsp3) is 0.600. The van der Waals surface area contributed by atoms with Crippen LogP contribution in [0.25, 0.3) is 0 Å². The Labute approximate surface area is 111 Å². The van der Waals surface area contributed by atoms with Gasteiger partial charge in [0.05, 0.1) is 0 Å². The van der Waals surface area contributed by atoms with Crippen molar-refractivity contribution >= 4 is 7.28 Å². The highest BCUT2D eigenvalue weighted by atomic mass is 16.5. The first-order valence-corrected chi connectivity index (χ1v) is 7.10. The fourth-order valence-corrected chi connectivity index (χ4v) is 2.98. The van der Waals surface area contributed by atoms with E-state index in [2.05, 4.69) is 38.2 Å². The molecule has 95 valence electrons. The number of rotatable bonds is 3. The molecule has 18 heavy (non-hydrogen) atoms. The molecule has 2 aliphatic rings. The van der Waals surface area contributed by atoms with Crippen LogP contribution in [0.3, 0.4) is 0 Å². The summed E-state index contributed by atoms with van der Waals surface area (Å²) < 4.78 is 6.12. The Morgan fingerprint density at radius 2 is 2.22 bits per heavy atom. The van der Waals surface area contributed by atoms with Gasteiger partial charge in [0.15, 0.2) is 0 Å². The Bertz CT molecular complexity index is 440. The van der Waals surface area contributed by atoms with Crippen molar-refractivity contribution in [2.24, 2.45) is 0 Å². The highest BCUT2D eigenvalue weighted by Crippen LogP contribution is 2.30. The molecule has 3 heteroatoms. The summed E-state index contributed by atoms with van der Waals surface area (Å²) >= 11 is 0. The van der Waals surface area contributed by atoms with Crippen LogP contribution in [0.1, 0.15) is 23.6 Å². The summed E-state index contributed by atoms with van der Waals surface area (Å²) in [7, 11) is 2.39. The van der Waals surface area contributed by atoms with E-state index in [0.29, 0.717) is 6.10 Å². The molecule has 0 amide bonds. The molecule has 2 nitrogen and oxygen atoms in total. The molecule has 0 spiro atoms. The van der Waals surface area contributed by atoms with Crippen molar-refractivity contribution in [2.75, 3.05) is 19.6 Å². The van der Waals surface area contributed by atoms with Gasteiger partial charge in [-0.15, -0.1) is 0 Å². The second-order valence-corrected chi connectivity index (χ2v) is 5.45. The van der Waals surface area contributed by atoms with Crippen molar-refractivity contribution in [1.82, 2.24) is 4.90 Å². The third kappa shape index (κ3) is 2.16. The Morgan fingerprint density at radius 1 is 1.39 bits per heavy atom. The lowest BCUT2D eigenvalue weighted by atomic mass is 9.61. The number of nitrogens with zero attached hydrogens (tertiary/aromatic N) is 1. The lowest BCUT2D eigenvalue weighted by molar-refractivity contribution is 0.0233. The van der Waals surface area contributed by atoms with E-state index in [1.807, 2.05) is 0 Å². The molecule has 0 aliphatic carbocycles. The normalized spacial score (nSPS) is 19.9. The number of ether oxygens (including phenoxy) is 1. The number of fused-ring (bicyclic) bond motifs is 1. The van der Waals surface area contributed by atoms with Gasteiger partial charge in [0.2, 0.25) is 0 Å². The standard InChI is InChI=1S/C15H21BNO/c1-3-17-9-13(10-17)18-15-5-4-12-6-7-16-8-14(12)11(15)2/h4-5,13H,3,6-10H2,1-2H3. The molecule has 1 radical (unpaired) electrons. The lowest BCUT2D eigenvalue weighted by Crippen LogP contribution is -2.53. The van der Waals surface area contributed by atoms with E-state index >= 15 is 0 Å². The highest BCUT2D eigenvalue weighted by molar-refractivity contribution is 6.35. The average molecular weight is 242 g/mol. The molecule has 0 atom stereocenters. The van der Waals surface area contributed by atoms with Crippen molar-refractivity contribution < 1.29 is 4.74 Å². The molecular weight excluding hydrogens is 221 g/mol. The maximum absolute atomic E-state index is 6.12. The molecule has 2 aliphatic heterocycles. The molecule has 1 aromatic carbocycles. The maximum atomic E-state index is 6.12. The first-order chi connectivity index (χ1) is 8.78. The smallest absolute Gasteiger partial charge is 0.124 e. The Kier molecular flexibility index (Phi) is 3.34. The SMILES string of the molecule is CCN1CC(Oc2ccc3c(c2C)C[B]CC3)C1. The minimum absolute atomic E-state index is 0.397. The van der Waals surface area contributed by atoms with Crippen LogP contribution in [0, 0.1) is 6.92 Å². The largest absolute Gasteiger partial charge is 0.487 e.